The van der Waals surface area contributed by atoms with E-state index >= 15 is 0 Å². The van der Waals surface area contributed by atoms with Gasteiger partial charge in [-0.2, -0.15) is 0 Å². The first-order valence-corrected chi connectivity index (χ1v) is 14.6. The lowest BCUT2D eigenvalue weighted by Crippen LogP contribution is -2.37. The maximum atomic E-state index is 12.1. The van der Waals surface area contributed by atoms with Crippen LogP contribution in [0.15, 0.2) is 48.6 Å². The lowest BCUT2D eigenvalue weighted by molar-refractivity contribution is -0.147. The van der Waals surface area contributed by atoms with Crippen LogP contribution in [0.1, 0.15) is 71.6 Å². The van der Waals surface area contributed by atoms with Crippen LogP contribution in [0.5, 0.6) is 0 Å². The Bertz CT molecular complexity index is 1080. The van der Waals surface area contributed by atoms with Crippen molar-refractivity contribution < 1.29 is 24.5 Å². The van der Waals surface area contributed by atoms with E-state index in [1.807, 2.05) is 71.0 Å². The van der Waals surface area contributed by atoms with Crippen LogP contribution >= 0.6 is 22.9 Å². The van der Waals surface area contributed by atoms with Gasteiger partial charge in [0.1, 0.15) is 6.29 Å². The van der Waals surface area contributed by atoms with E-state index in [0.29, 0.717) is 38.5 Å². The van der Waals surface area contributed by atoms with E-state index in [1.54, 1.807) is 23.5 Å². The summed E-state index contributed by atoms with van der Waals surface area (Å²) in [7, 11) is 0. The highest BCUT2D eigenvalue weighted by Crippen LogP contribution is 2.36. The molecule has 5 nitrogen and oxygen atoms in total. The summed E-state index contributed by atoms with van der Waals surface area (Å²) in [5.74, 6) is -1.08. The highest BCUT2D eigenvalue weighted by molar-refractivity contribution is 7.19. The van der Waals surface area contributed by atoms with Crippen molar-refractivity contribution >= 4 is 45.3 Å². The molecule has 1 aromatic carbocycles. The lowest BCUT2D eigenvalue weighted by atomic mass is 9.74. The number of halogens is 1. The molecule has 1 heterocycles. The summed E-state index contributed by atoms with van der Waals surface area (Å²) in [6, 6.07) is 7.99. The lowest BCUT2D eigenvalue weighted by Gasteiger charge is -2.34. The third-order valence-electron chi connectivity index (χ3n) is 6.44. The number of aliphatic hydroxyl groups excluding tert-OH is 2. The third-order valence-corrected chi connectivity index (χ3v) is 8.21. The van der Waals surface area contributed by atoms with Crippen LogP contribution in [0.2, 0.25) is 5.02 Å². The molecule has 2 N–H and O–H groups in total. The van der Waals surface area contributed by atoms with Gasteiger partial charge in [-0.1, -0.05) is 74.9 Å². The van der Waals surface area contributed by atoms with E-state index in [0.717, 1.165) is 26.3 Å². The molecule has 0 spiro atoms. The Morgan fingerprint density at radius 1 is 1.13 bits per heavy atom. The molecule has 4 atom stereocenters. The molecule has 0 saturated carbocycles. The van der Waals surface area contributed by atoms with Crippen molar-refractivity contribution in [3.63, 3.8) is 0 Å². The normalized spacial score (nSPS) is 15.8. The highest BCUT2D eigenvalue weighted by Gasteiger charge is 2.33. The van der Waals surface area contributed by atoms with Crippen LogP contribution in [0.4, 0.5) is 0 Å². The number of unbranched alkanes of at least 4 members (excludes halogenated alkanes) is 1. The van der Waals surface area contributed by atoms with Crippen molar-refractivity contribution in [3.05, 3.63) is 58.5 Å². The van der Waals surface area contributed by atoms with Crippen LogP contribution in [-0.2, 0) is 20.7 Å². The number of carbonyl (C=O) groups is 2. The largest absolute Gasteiger partial charge is 0.463 e. The van der Waals surface area contributed by atoms with E-state index in [1.165, 1.54) is 0 Å². The van der Waals surface area contributed by atoms with Crippen molar-refractivity contribution in [3.8, 4) is 0 Å². The second-order valence-corrected chi connectivity index (χ2v) is 12.7. The summed E-state index contributed by atoms with van der Waals surface area (Å²) in [5, 5.41) is 23.5. The molecule has 0 saturated heterocycles. The second kappa shape index (κ2) is 15.6. The van der Waals surface area contributed by atoms with Crippen molar-refractivity contribution in [1.82, 2.24) is 0 Å². The minimum Gasteiger partial charge on any atom is -0.463 e. The van der Waals surface area contributed by atoms with Gasteiger partial charge >= 0.3 is 5.97 Å². The molecular formula is C31H43ClO5S. The summed E-state index contributed by atoms with van der Waals surface area (Å²) >= 11 is 8.18. The minimum atomic E-state index is -0.766. The Labute approximate surface area is 236 Å². The summed E-state index contributed by atoms with van der Waals surface area (Å²) in [6.07, 6.45) is 10.0. The zero-order valence-electron chi connectivity index (χ0n) is 23.2. The van der Waals surface area contributed by atoms with Gasteiger partial charge in [-0.15, -0.1) is 11.3 Å². The van der Waals surface area contributed by atoms with E-state index in [2.05, 4.69) is 0 Å². The maximum Gasteiger partial charge on any atom is 0.306 e. The van der Waals surface area contributed by atoms with Crippen molar-refractivity contribution in [2.24, 2.45) is 17.3 Å². The fourth-order valence-electron chi connectivity index (χ4n) is 4.28. The SMILES string of the molecule is CC(C)OC(=O)CCC/C=C\CC(C=O)[C@@H](/C=C/[C@H](O)CCc1sc2ccccc2c1Cl)[C@H](O)C(C)(C)C. The Kier molecular flexibility index (Phi) is 13.2. The zero-order chi connectivity index (χ0) is 28.3. The van der Waals surface area contributed by atoms with Crippen LogP contribution in [0, 0.1) is 17.3 Å². The first-order valence-electron chi connectivity index (χ1n) is 13.4. The minimum absolute atomic E-state index is 0.113. The van der Waals surface area contributed by atoms with Crippen molar-refractivity contribution in [2.45, 2.75) is 91.5 Å². The van der Waals surface area contributed by atoms with Gasteiger partial charge < -0.3 is 19.7 Å². The van der Waals surface area contributed by atoms with Crippen molar-refractivity contribution in [1.29, 1.82) is 0 Å². The molecule has 0 aliphatic heterocycles. The first kappa shape index (κ1) is 32.2. The number of hydrogen-bond acceptors (Lipinski definition) is 6. The van der Waals surface area contributed by atoms with Crippen LogP contribution < -0.4 is 0 Å². The Morgan fingerprint density at radius 3 is 2.47 bits per heavy atom. The van der Waals surface area contributed by atoms with Gasteiger partial charge in [-0.05, 0) is 57.4 Å². The third kappa shape index (κ3) is 10.3. The average Bonchev–Trinajstić information content (AvgIpc) is 3.17. The number of fused-ring (bicyclic) bond motifs is 1. The summed E-state index contributed by atoms with van der Waals surface area (Å²) < 4.78 is 6.27. The molecular weight excluding hydrogens is 520 g/mol. The number of allylic oxidation sites excluding steroid dienone is 2. The fraction of sp³-hybridized carbons (Fsp3) is 0.548. The Morgan fingerprint density at radius 2 is 1.84 bits per heavy atom. The molecule has 7 heteroatoms. The van der Waals surface area contributed by atoms with Gasteiger partial charge in [0.25, 0.3) is 0 Å². The second-order valence-electron chi connectivity index (χ2n) is 11.2. The van der Waals surface area contributed by atoms with E-state index in [-0.39, 0.29) is 12.1 Å². The quantitative estimate of drug-likeness (QED) is 0.103. The summed E-state index contributed by atoms with van der Waals surface area (Å²) in [6.45, 7) is 9.47. The number of aldehydes is 1. The van der Waals surface area contributed by atoms with Crippen LogP contribution in [0.25, 0.3) is 10.1 Å². The molecule has 0 aliphatic rings. The molecule has 2 aromatic rings. The highest BCUT2D eigenvalue weighted by atomic mass is 35.5. The molecule has 0 fully saturated rings. The molecule has 210 valence electrons. The zero-order valence-corrected chi connectivity index (χ0v) is 24.8. The molecule has 0 radical (unpaired) electrons. The van der Waals surface area contributed by atoms with Gasteiger partial charge in [-0.25, -0.2) is 0 Å². The number of ether oxygens (including phenoxy) is 1. The van der Waals surface area contributed by atoms with Gasteiger partial charge in [0, 0.05) is 33.2 Å². The van der Waals surface area contributed by atoms with Crippen LogP contribution in [-0.4, -0.2) is 40.8 Å². The molecule has 0 amide bonds. The number of hydrogen-bond donors (Lipinski definition) is 2. The van der Waals surface area contributed by atoms with Gasteiger partial charge in [-0.3, -0.25) is 4.79 Å². The Balaban J connectivity index is 1.99. The first-order chi connectivity index (χ1) is 17.9. The van der Waals surface area contributed by atoms with E-state index in [9.17, 15) is 19.8 Å². The van der Waals surface area contributed by atoms with Gasteiger partial charge in [0.2, 0.25) is 0 Å². The molecule has 2 rings (SSSR count). The number of aryl methyl sites for hydroxylation is 1. The molecule has 0 aliphatic carbocycles. The van der Waals surface area contributed by atoms with E-state index in [4.69, 9.17) is 16.3 Å². The predicted molar refractivity (Wildman–Crippen MR) is 158 cm³/mol. The monoisotopic (exact) mass is 562 g/mol. The maximum absolute atomic E-state index is 12.1. The molecule has 38 heavy (non-hydrogen) atoms. The number of benzene rings is 1. The average molecular weight is 563 g/mol. The van der Waals surface area contributed by atoms with Crippen molar-refractivity contribution in [2.75, 3.05) is 0 Å². The fourth-order valence-corrected chi connectivity index (χ4v) is 5.82. The smallest absolute Gasteiger partial charge is 0.306 e. The topological polar surface area (TPSA) is 83.8 Å². The number of esters is 1. The molecule has 1 aromatic heterocycles. The standard InChI is InChI=1S/C31H43ClO5S/c1-21(2)37-28(35)15-9-7-6-8-12-22(20-33)24(30(36)31(3,4)5)18-16-23(34)17-19-27-29(32)25-13-10-11-14-26(25)38-27/h6,8,10-11,13-14,16,18,20-24,30,34,36H,7,9,12,15,17,19H2,1-5H3/b8-6-,18-16+/t22?,23-,24+,30-/m0/s1. The predicted octanol–water partition coefficient (Wildman–Crippen LogP) is 7.31. The Hall–Kier alpha value is -1.99. The number of carbonyl (C=O) groups excluding carboxylic acids is 2. The number of aliphatic hydroxyl groups is 2. The molecule has 0 bridgehead atoms. The van der Waals surface area contributed by atoms with Crippen LogP contribution in [0.3, 0.4) is 0 Å². The number of thiophene rings is 1. The summed E-state index contributed by atoms with van der Waals surface area (Å²) in [4.78, 5) is 24.7. The van der Waals surface area contributed by atoms with E-state index < -0.39 is 29.5 Å². The van der Waals surface area contributed by atoms with Gasteiger partial charge in [0.05, 0.1) is 23.3 Å². The number of rotatable bonds is 15. The summed E-state index contributed by atoms with van der Waals surface area (Å²) in [5.41, 5.74) is -0.438. The molecule has 1 unspecified atom stereocenters. The van der Waals surface area contributed by atoms with Gasteiger partial charge in [0.15, 0.2) is 0 Å².